The van der Waals surface area contributed by atoms with Gasteiger partial charge < -0.3 is 9.47 Å². The Balaban J connectivity index is 1.67. The van der Waals surface area contributed by atoms with E-state index in [-0.39, 0.29) is 11.5 Å². The van der Waals surface area contributed by atoms with Gasteiger partial charge in [-0.05, 0) is 49.6 Å². The molecule has 0 atom stereocenters. The van der Waals surface area contributed by atoms with Gasteiger partial charge in [0.25, 0.3) is 11.5 Å². The molecular formula is C28H24N4O2. The number of anilines is 1. The Morgan fingerprint density at radius 1 is 0.941 bits per heavy atom. The molecule has 0 saturated heterocycles. The molecule has 0 spiro atoms. The van der Waals surface area contributed by atoms with Gasteiger partial charge in [0, 0.05) is 35.6 Å². The van der Waals surface area contributed by atoms with Crippen LogP contribution in [0.4, 0.5) is 5.69 Å². The number of carbonyl (C=O) groups excluding carboxylic acids is 1. The average molecular weight is 449 g/mol. The zero-order valence-electron chi connectivity index (χ0n) is 19.2. The fourth-order valence-electron chi connectivity index (χ4n) is 5.06. The summed E-state index contributed by atoms with van der Waals surface area (Å²) in [5.41, 5.74) is 5.22. The van der Waals surface area contributed by atoms with Crippen molar-refractivity contribution < 1.29 is 4.79 Å². The molecule has 1 aliphatic rings. The molecule has 6 heteroatoms. The van der Waals surface area contributed by atoms with Gasteiger partial charge in [-0.25, -0.2) is 0 Å². The van der Waals surface area contributed by atoms with Gasteiger partial charge in [-0.2, -0.15) is 9.78 Å². The highest BCUT2D eigenvalue weighted by Gasteiger charge is 2.29. The minimum atomic E-state index is -0.242. The number of para-hydroxylation sites is 2. The van der Waals surface area contributed by atoms with Crippen LogP contribution < -0.4 is 10.5 Å². The molecule has 0 saturated carbocycles. The van der Waals surface area contributed by atoms with Crippen LogP contribution in [0.5, 0.6) is 0 Å². The summed E-state index contributed by atoms with van der Waals surface area (Å²) in [4.78, 5) is 29.6. The standard InChI is InChI=1S/C28H24N4O2/c1-18-13-15-20(16-14-18)32-28(34)26-24(21-10-4-6-12-23(21)30(26)2)25(29-32)27(33)31-17-7-9-19-8-3-5-11-22(19)31/h3-6,8,10-16H,7,9,17H2,1-2H3. The molecule has 0 radical (unpaired) electrons. The second kappa shape index (κ2) is 7.70. The van der Waals surface area contributed by atoms with E-state index < -0.39 is 0 Å². The first-order valence-electron chi connectivity index (χ1n) is 11.5. The highest BCUT2D eigenvalue weighted by Crippen LogP contribution is 2.32. The molecule has 6 rings (SSSR count). The van der Waals surface area contributed by atoms with Gasteiger partial charge in [-0.15, -0.1) is 0 Å². The third-order valence-electron chi connectivity index (χ3n) is 6.78. The van der Waals surface area contributed by atoms with Crippen LogP contribution in [0.1, 0.15) is 28.0 Å². The highest BCUT2D eigenvalue weighted by molar-refractivity contribution is 6.20. The summed E-state index contributed by atoms with van der Waals surface area (Å²) < 4.78 is 3.24. The summed E-state index contributed by atoms with van der Waals surface area (Å²) in [5.74, 6) is -0.186. The van der Waals surface area contributed by atoms with E-state index >= 15 is 0 Å². The van der Waals surface area contributed by atoms with Gasteiger partial charge in [0.15, 0.2) is 5.69 Å². The number of rotatable bonds is 2. The predicted octanol–water partition coefficient (Wildman–Crippen LogP) is 4.78. The number of aryl methyl sites for hydroxylation is 3. The number of carbonyl (C=O) groups is 1. The lowest BCUT2D eigenvalue weighted by atomic mass is 10.0. The number of amides is 1. The van der Waals surface area contributed by atoms with Crippen molar-refractivity contribution in [2.45, 2.75) is 19.8 Å². The van der Waals surface area contributed by atoms with E-state index in [0.717, 1.165) is 40.6 Å². The van der Waals surface area contributed by atoms with E-state index in [9.17, 15) is 9.59 Å². The largest absolute Gasteiger partial charge is 0.339 e. The van der Waals surface area contributed by atoms with E-state index in [1.807, 2.05) is 90.2 Å². The van der Waals surface area contributed by atoms with Crippen LogP contribution in [0.15, 0.2) is 77.6 Å². The van der Waals surface area contributed by atoms with Crippen molar-refractivity contribution in [2.24, 2.45) is 7.05 Å². The number of fused-ring (bicyclic) bond motifs is 4. The van der Waals surface area contributed by atoms with Crippen LogP contribution in [0.3, 0.4) is 0 Å². The van der Waals surface area contributed by atoms with E-state index in [0.29, 0.717) is 28.8 Å². The third-order valence-corrected chi connectivity index (χ3v) is 6.78. The molecule has 2 aromatic heterocycles. The molecule has 6 nitrogen and oxygen atoms in total. The van der Waals surface area contributed by atoms with Crippen molar-refractivity contribution in [1.82, 2.24) is 14.3 Å². The topological polar surface area (TPSA) is 60.1 Å². The first-order valence-corrected chi connectivity index (χ1v) is 11.5. The Hall–Kier alpha value is -4.19. The van der Waals surface area contributed by atoms with Crippen LogP contribution in [-0.2, 0) is 13.5 Å². The smallest absolute Gasteiger partial charge is 0.296 e. The monoisotopic (exact) mass is 448 g/mol. The van der Waals surface area contributed by atoms with Gasteiger partial charge in [0.05, 0.1) is 5.69 Å². The summed E-state index contributed by atoms with van der Waals surface area (Å²) in [6, 6.07) is 23.4. The molecule has 3 aromatic carbocycles. The highest BCUT2D eigenvalue weighted by atomic mass is 16.2. The molecule has 0 fully saturated rings. The van der Waals surface area contributed by atoms with Crippen molar-refractivity contribution in [3.63, 3.8) is 0 Å². The van der Waals surface area contributed by atoms with Crippen molar-refractivity contribution in [3.05, 3.63) is 100.0 Å². The normalized spacial score (nSPS) is 13.4. The Morgan fingerprint density at radius 3 is 2.50 bits per heavy atom. The van der Waals surface area contributed by atoms with Crippen LogP contribution >= 0.6 is 0 Å². The number of nitrogens with zero attached hydrogens (tertiary/aromatic N) is 4. The van der Waals surface area contributed by atoms with Gasteiger partial charge in [0.1, 0.15) is 5.52 Å². The van der Waals surface area contributed by atoms with E-state index in [1.165, 1.54) is 4.68 Å². The molecule has 5 aromatic rings. The number of aromatic nitrogens is 3. The Kier molecular flexibility index (Phi) is 4.62. The minimum Gasteiger partial charge on any atom is -0.339 e. The summed E-state index contributed by atoms with van der Waals surface area (Å²) in [5, 5.41) is 6.18. The minimum absolute atomic E-state index is 0.186. The molecule has 0 aliphatic carbocycles. The van der Waals surface area contributed by atoms with E-state index in [2.05, 4.69) is 6.07 Å². The Morgan fingerprint density at radius 2 is 1.68 bits per heavy atom. The van der Waals surface area contributed by atoms with Gasteiger partial charge in [0.2, 0.25) is 0 Å². The molecule has 34 heavy (non-hydrogen) atoms. The summed E-state index contributed by atoms with van der Waals surface area (Å²) in [6.45, 7) is 2.61. The quantitative estimate of drug-likeness (QED) is 0.391. The summed E-state index contributed by atoms with van der Waals surface area (Å²) in [6.07, 6.45) is 1.83. The van der Waals surface area contributed by atoms with Crippen LogP contribution in [0, 0.1) is 6.92 Å². The predicted molar refractivity (Wildman–Crippen MR) is 135 cm³/mol. The molecule has 1 aliphatic heterocycles. The van der Waals surface area contributed by atoms with Gasteiger partial charge in [-0.3, -0.25) is 9.59 Å². The van der Waals surface area contributed by atoms with Crippen LogP contribution in [0.25, 0.3) is 27.5 Å². The number of hydrogen-bond donors (Lipinski definition) is 0. The summed E-state index contributed by atoms with van der Waals surface area (Å²) >= 11 is 0. The SMILES string of the molecule is Cc1ccc(-n2nc(C(=O)N3CCCc4ccccc43)c3c4ccccc4n(C)c3c2=O)cc1. The zero-order chi connectivity index (χ0) is 23.4. The molecular weight excluding hydrogens is 424 g/mol. The summed E-state index contributed by atoms with van der Waals surface area (Å²) in [7, 11) is 1.87. The number of hydrogen-bond acceptors (Lipinski definition) is 3. The van der Waals surface area contributed by atoms with Crippen molar-refractivity contribution >= 4 is 33.4 Å². The molecule has 0 unspecified atom stereocenters. The van der Waals surface area contributed by atoms with Gasteiger partial charge in [-0.1, -0.05) is 54.1 Å². The molecule has 1 amide bonds. The fourth-order valence-corrected chi connectivity index (χ4v) is 5.06. The maximum Gasteiger partial charge on any atom is 0.296 e. The second-order valence-electron chi connectivity index (χ2n) is 8.89. The van der Waals surface area contributed by atoms with Crippen molar-refractivity contribution in [3.8, 4) is 5.69 Å². The molecule has 3 heterocycles. The van der Waals surface area contributed by atoms with Crippen LogP contribution in [-0.4, -0.2) is 26.8 Å². The maximum absolute atomic E-state index is 14.1. The lowest BCUT2D eigenvalue weighted by Gasteiger charge is -2.29. The van der Waals surface area contributed by atoms with Crippen molar-refractivity contribution in [1.29, 1.82) is 0 Å². The Labute approximate surface area is 196 Å². The lowest BCUT2D eigenvalue weighted by Crippen LogP contribution is -2.37. The fraction of sp³-hybridized carbons (Fsp3) is 0.179. The second-order valence-corrected chi connectivity index (χ2v) is 8.89. The zero-order valence-corrected chi connectivity index (χ0v) is 19.2. The maximum atomic E-state index is 14.1. The number of benzene rings is 3. The molecule has 0 bridgehead atoms. The van der Waals surface area contributed by atoms with Crippen LogP contribution in [0.2, 0.25) is 0 Å². The van der Waals surface area contributed by atoms with E-state index in [1.54, 1.807) is 0 Å². The van der Waals surface area contributed by atoms with Crippen molar-refractivity contribution in [2.75, 3.05) is 11.4 Å². The third kappa shape index (κ3) is 2.99. The molecule has 0 N–H and O–H groups in total. The first kappa shape index (κ1) is 20.4. The molecule has 168 valence electrons. The Bertz CT molecular complexity index is 1640. The average Bonchev–Trinajstić information content (AvgIpc) is 3.17. The lowest BCUT2D eigenvalue weighted by molar-refractivity contribution is 0.0980. The van der Waals surface area contributed by atoms with Gasteiger partial charge >= 0.3 is 0 Å². The first-order chi connectivity index (χ1) is 16.5. The van der Waals surface area contributed by atoms with E-state index in [4.69, 9.17) is 5.10 Å².